The Balaban J connectivity index is 2.04. The Bertz CT molecular complexity index is 619. The van der Waals surface area contributed by atoms with Crippen LogP contribution in [0.3, 0.4) is 0 Å². The van der Waals surface area contributed by atoms with Crippen LogP contribution < -0.4 is 10.5 Å². The third kappa shape index (κ3) is 4.63. The summed E-state index contributed by atoms with van der Waals surface area (Å²) in [5.74, 6) is 0.535. The molecule has 1 aromatic carbocycles. The first-order valence-electron chi connectivity index (χ1n) is 7.36. The number of hydrogen-bond acceptors (Lipinski definition) is 3. The van der Waals surface area contributed by atoms with Crippen LogP contribution in [0.2, 0.25) is 5.02 Å². The lowest BCUT2D eigenvalue weighted by Gasteiger charge is -2.19. The van der Waals surface area contributed by atoms with Gasteiger partial charge in [0.25, 0.3) is 0 Å². The Kier molecular flexibility index (Phi) is 5.87. The summed E-state index contributed by atoms with van der Waals surface area (Å²) in [5, 5.41) is 0.574. The molecule has 124 valence electrons. The fourth-order valence-electron chi connectivity index (χ4n) is 2.46. The number of rotatable bonds is 3. The van der Waals surface area contributed by atoms with Crippen molar-refractivity contribution in [2.75, 3.05) is 33.3 Å². The van der Waals surface area contributed by atoms with Crippen molar-refractivity contribution >= 4 is 29.6 Å². The highest BCUT2D eigenvalue weighted by Crippen LogP contribution is 2.23. The van der Waals surface area contributed by atoms with Crippen LogP contribution in [-0.2, 0) is 4.79 Å². The predicted molar refractivity (Wildman–Crippen MR) is 89.4 cm³/mol. The molecule has 1 aliphatic heterocycles. The number of methoxy groups -OCH3 is 1. The van der Waals surface area contributed by atoms with Gasteiger partial charge in [-0.2, -0.15) is 0 Å². The molecule has 0 atom stereocenters. The summed E-state index contributed by atoms with van der Waals surface area (Å²) in [5.41, 5.74) is 6.02. The standard InChI is InChI=1S/C16H20ClN3O3/c1-23-14-5-4-13(17)11-12(14)3-6-15(21)19-7-2-8-20(10-9-19)16(18)22/h3-6,11H,2,7-10H2,1H3,(H2,18,22)/b6-3-. The maximum Gasteiger partial charge on any atom is 0.314 e. The van der Waals surface area contributed by atoms with Gasteiger partial charge in [0.15, 0.2) is 0 Å². The first-order valence-corrected chi connectivity index (χ1v) is 7.74. The van der Waals surface area contributed by atoms with E-state index in [1.807, 2.05) is 0 Å². The smallest absolute Gasteiger partial charge is 0.314 e. The van der Waals surface area contributed by atoms with Crippen LogP contribution in [0.15, 0.2) is 24.3 Å². The molecule has 23 heavy (non-hydrogen) atoms. The van der Waals surface area contributed by atoms with Crippen LogP contribution in [0.5, 0.6) is 5.75 Å². The third-order valence-electron chi connectivity index (χ3n) is 3.72. The van der Waals surface area contributed by atoms with E-state index >= 15 is 0 Å². The molecule has 6 nitrogen and oxygen atoms in total. The minimum absolute atomic E-state index is 0.113. The Hall–Kier alpha value is -2.21. The van der Waals surface area contributed by atoms with E-state index in [2.05, 4.69) is 0 Å². The average Bonchev–Trinajstić information content (AvgIpc) is 2.79. The van der Waals surface area contributed by atoms with Crippen molar-refractivity contribution in [3.05, 3.63) is 34.9 Å². The zero-order valence-corrected chi connectivity index (χ0v) is 13.8. The van der Waals surface area contributed by atoms with Crippen molar-refractivity contribution in [3.8, 4) is 5.75 Å². The van der Waals surface area contributed by atoms with Crippen LogP contribution in [-0.4, -0.2) is 55.0 Å². The molecule has 3 amide bonds. The Morgan fingerprint density at radius 2 is 1.91 bits per heavy atom. The summed E-state index contributed by atoms with van der Waals surface area (Å²) >= 11 is 5.97. The van der Waals surface area contributed by atoms with Gasteiger partial charge in [0.1, 0.15) is 5.75 Å². The van der Waals surface area contributed by atoms with Gasteiger partial charge in [-0.3, -0.25) is 4.79 Å². The highest BCUT2D eigenvalue weighted by Gasteiger charge is 2.19. The largest absolute Gasteiger partial charge is 0.496 e. The molecule has 0 saturated carbocycles. The number of hydrogen-bond donors (Lipinski definition) is 1. The fraction of sp³-hybridized carbons (Fsp3) is 0.375. The summed E-state index contributed by atoms with van der Waals surface area (Å²) in [6.07, 6.45) is 3.89. The number of halogens is 1. The highest BCUT2D eigenvalue weighted by atomic mass is 35.5. The van der Waals surface area contributed by atoms with Gasteiger partial charge >= 0.3 is 6.03 Å². The molecule has 1 fully saturated rings. The number of nitrogens with zero attached hydrogens (tertiary/aromatic N) is 2. The van der Waals surface area contributed by atoms with Gasteiger partial charge in [-0.1, -0.05) is 11.6 Å². The van der Waals surface area contributed by atoms with Gasteiger partial charge in [-0.25, -0.2) is 4.79 Å². The van der Waals surface area contributed by atoms with E-state index in [1.54, 1.807) is 41.2 Å². The number of benzene rings is 1. The minimum atomic E-state index is -0.446. The molecule has 1 aromatic rings. The van der Waals surface area contributed by atoms with Gasteiger partial charge in [0.2, 0.25) is 5.91 Å². The fourth-order valence-corrected chi connectivity index (χ4v) is 2.64. The summed E-state index contributed by atoms with van der Waals surface area (Å²) < 4.78 is 5.25. The maximum atomic E-state index is 12.3. The first-order chi connectivity index (χ1) is 11.0. The third-order valence-corrected chi connectivity index (χ3v) is 3.95. The maximum absolute atomic E-state index is 12.3. The van der Waals surface area contributed by atoms with Crippen molar-refractivity contribution in [2.45, 2.75) is 6.42 Å². The second-order valence-corrected chi connectivity index (χ2v) is 5.66. The van der Waals surface area contributed by atoms with Gasteiger partial charge in [-0.05, 0) is 30.7 Å². The molecule has 0 unspecified atom stereocenters. The Morgan fingerprint density at radius 3 is 2.61 bits per heavy atom. The van der Waals surface area contributed by atoms with Crippen molar-refractivity contribution in [1.29, 1.82) is 0 Å². The van der Waals surface area contributed by atoms with E-state index in [9.17, 15) is 9.59 Å². The number of nitrogens with two attached hydrogens (primary N) is 1. The lowest BCUT2D eigenvalue weighted by Crippen LogP contribution is -2.39. The zero-order valence-electron chi connectivity index (χ0n) is 13.0. The van der Waals surface area contributed by atoms with Crippen LogP contribution in [0.1, 0.15) is 12.0 Å². The molecular formula is C16H20ClN3O3. The highest BCUT2D eigenvalue weighted by molar-refractivity contribution is 6.30. The second kappa shape index (κ2) is 7.87. The number of carbonyl (C=O) groups excluding carboxylic acids is 2. The molecule has 7 heteroatoms. The van der Waals surface area contributed by atoms with E-state index in [0.717, 1.165) is 5.56 Å². The van der Waals surface area contributed by atoms with Crippen LogP contribution in [0.4, 0.5) is 4.79 Å². The number of amides is 3. The number of urea groups is 1. The molecule has 0 spiro atoms. The predicted octanol–water partition coefficient (Wildman–Crippen LogP) is 1.97. The van der Waals surface area contributed by atoms with E-state index in [1.165, 1.54) is 6.08 Å². The quantitative estimate of drug-likeness (QED) is 0.857. The normalized spacial score (nSPS) is 15.6. The first kappa shape index (κ1) is 17.1. The van der Waals surface area contributed by atoms with Crippen molar-refractivity contribution in [3.63, 3.8) is 0 Å². The van der Waals surface area contributed by atoms with Gasteiger partial charge < -0.3 is 20.3 Å². The molecule has 1 aliphatic rings. The summed E-state index contributed by atoms with van der Waals surface area (Å²) in [4.78, 5) is 26.8. The minimum Gasteiger partial charge on any atom is -0.496 e. The molecule has 0 bridgehead atoms. The molecule has 2 N–H and O–H groups in total. The van der Waals surface area contributed by atoms with Crippen molar-refractivity contribution in [2.24, 2.45) is 5.73 Å². The molecular weight excluding hydrogens is 318 g/mol. The van der Waals surface area contributed by atoms with E-state index in [-0.39, 0.29) is 5.91 Å². The number of primary amides is 1. The van der Waals surface area contributed by atoms with Crippen molar-refractivity contribution < 1.29 is 14.3 Å². The number of ether oxygens (including phenoxy) is 1. The van der Waals surface area contributed by atoms with Crippen LogP contribution >= 0.6 is 11.6 Å². The number of carbonyl (C=O) groups is 2. The summed E-state index contributed by atoms with van der Waals surface area (Å²) in [7, 11) is 1.57. The second-order valence-electron chi connectivity index (χ2n) is 5.22. The molecule has 2 rings (SSSR count). The van der Waals surface area contributed by atoms with Gasteiger partial charge in [0, 0.05) is 42.8 Å². The SMILES string of the molecule is COc1ccc(Cl)cc1/C=C\C(=O)N1CCCN(C(N)=O)CC1. The molecule has 1 saturated heterocycles. The van der Waals surface area contributed by atoms with Crippen LogP contribution in [0, 0.1) is 0 Å². The molecule has 0 radical (unpaired) electrons. The average molecular weight is 338 g/mol. The topological polar surface area (TPSA) is 75.9 Å². The molecule has 0 aliphatic carbocycles. The van der Waals surface area contributed by atoms with E-state index < -0.39 is 6.03 Å². The van der Waals surface area contributed by atoms with Crippen molar-refractivity contribution in [1.82, 2.24) is 9.80 Å². The Labute approximate surface area is 140 Å². The monoisotopic (exact) mass is 337 g/mol. The summed E-state index contributed by atoms with van der Waals surface area (Å²) in [6, 6.07) is 4.77. The van der Waals surface area contributed by atoms with Crippen LogP contribution in [0.25, 0.3) is 6.08 Å². The van der Waals surface area contributed by atoms with E-state index in [0.29, 0.717) is 43.4 Å². The summed E-state index contributed by atoms with van der Waals surface area (Å²) in [6.45, 7) is 2.10. The zero-order chi connectivity index (χ0) is 16.8. The lowest BCUT2D eigenvalue weighted by atomic mass is 10.2. The molecule has 0 aromatic heterocycles. The van der Waals surface area contributed by atoms with E-state index in [4.69, 9.17) is 22.1 Å². The van der Waals surface area contributed by atoms with Gasteiger partial charge in [-0.15, -0.1) is 0 Å². The lowest BCUT2D eigenvalue weighted by molar-refractivity contribution is -0.125. The van der Waals surface area contributed by atoms with Gasteiger partial charge in [0.05, 0.1) is 7.11 Å². The Morgan fingerprint density at radius 1 is 1.22 bits per heavy atom. The molecule has 1 heterocycles.